The third kappa shape index (κ3) is 5.20. The fraction of sp³-hybridized carbons (Fsp3) is 0.238. The first-order valence-corrected chi connectivity index (χ1v) is 9.82. The minimum Gasteiger partial charge on any atom is -0.352 e. The van der Waals surface area contributed by atoms with Crippen LogP contribution in [0.25, 0.3) is 5.69 Å². The molecule has 0 atom stereocenters. The molecule has 0 saturated heterocycles. The number of benzene rings is 2. The van der Waals surface area contributed by atoms with Crippen LogP contribution in [0.2, 0.25) is 0 Å². The monoisotopic (exact) mass is 383 g/mol. The molecule has 0 fully saturated rings. The first kappa shape index (κ1) is 19.2. The first-order chi connectivity index (χ1) is 13.0. The SMILES string of the molecule is Cc1cc(C)n(-c2ccc(C(=O)NCCCSc3ccc(F)cc3)cc2)n1. The van der Waals surface area contributed by atoms with Gasteiger partial charge >= 0.3 is 0 Å². The molecule has 140 valence electrons. The molecule has 0 spiro atoms. The molecule has 1 amide bonds. The molecule has 0 aliphatic rings. The van der Waals surface area contributed by atoms with Gasteiger partial charge in [-0.25, -0.2) is 9.07 Å². The van der Waals surface area contributed by atoms with Gasteiger partial charge in [0.05, 0.1) is 11.4 Å². The van der Waals surface area contributed by atoms with E-state index in [2.05, 4.69) is 10.4 Å². The molecule has 1 aromatic heterocycles. The number of amides is 1. The molecule has 1 heterocycles. The Morgan fingerprint density at radius 3 is 2.44 bits per heavy atom. The fourth-order valence-electron chi connectivity index (χ4n) is 2.74. The number of halogens is 1. The van der Waals surface area contributed by atoms with Crippen LogP contribution >= 0.6 is 11.8 Å². The van der Waals surface area contributed by atoms with Crippen LogP contribution in [0.3, 0.4) is 0 Å². The van der Waals surface area contributed by atoms with Crippen LogP contribution in [0, 0.1) is 19.7 Å². The molecular formula is C21H22FN3OS. The van der Waals surface area contributed by atoms with Gasteiger partial charge in [-0.15, -0.1) is 11.8 Å². The first-order valence-electron chi connectivity index (χ1n) is 8.83. The lowest BCUT2D eigenvalue weighted by molar-refractivity contribution is 0.0954. The predicted octanol–water partition coefficient (Wildman–Crippen LogP) is 4.54. The zero-order chi connectivity index (χ0) is 19.2. The number of aromatic nitrogens is 2. The zero-order valence-corrected chi connectivity index (χ0v) is 16.2. The van der Waals surface area contributed by atoms with E-state index in [1.807, 2.05) is 48.9 Å². The molecule has 1 N–H and O–H groups in total. The van der Waals surface area contributed by atoms with Crippen molar-refractivity contribution in [3.63, 3.8) is 0 Å². The molecule has 2 aromatic carbocycles. The summed E-state index contributed by atoms with van der Waals surface area (Å²) in [7, 11) is 0. The smallest absolute Gasteiger partial charge is 0.251 e. The fourth-order valence-corrected chi connectivity index (χ4v) is 3.59. The van der Waals surface area contributed by atoms with Crippen LogP contribution in [-0.2, 0) is 0 Å². The highest BCUT2D eigenvalue weighted by Gasteiger charge is 2.07. The highest BCUT2D eigenvalue weighted by atomic mass is 32.2. The van der Waals surface area contributed by atoms with Crippen molar-refractivity contribution in [2.45, 2.75) is 25.2 Å². The van der Waals surface area contributed by atoms with Crippen molar-refractivity contribution in [3.8, 4) is 5.69 Å². The number of hydrogen-bond acceptors (Lipinski definition) is 3. The molecule has 0 aliphatic carbocycles. The average Bonchev–Trinajstić information content (AvgIpc) is 3.01. The second-order valence-corrected chi connectivity index (χ2v) is 7.47. The van der Waals surface area contributed by atoms with Crippen LogP contribution in [-0.4, -0.2) is 28.0 Å². The number of nitrogens with zero attached hydrogens (tertiary/aromatic N) is 2. The normalized spacial score (nSPS) is 10.8. The summed E-state index contributed by atoms with van der Waals surface area (Å²) in [5, 5.41) is 7.38. The van der Waals surface area contributed by atoms with Crippen molar-refractivity contribution in [1.82, 2.24) is 15.1 Å². The molecule has 3 rings (SSSR count). The predicted molar refractivity (Wildman–Crippen MR) is 107 cm³/mol. The Morgan fingerprint density at radius 1 is 1.11 bits per heavy atom. The second-order valence-electron chi connectivity index (χ2n) is 6.30. The molecule has 6 heteroatoms. The van der Waals surface area contributed by atoms with E-state index in [1.54, 1.807) is 23.9 Å². The van der Waals surface area contributed by atoms with Gasteiger partial charge in [0.25, 0.3) is 5.91 Å². The number of thioether (sulfide) groups is 1. The van der Waals surface area contributed by atoms with Crippen molar-refractivity contribution in [1.29, 1.82) is 0 Å². The third-order valence-electron chi connectivity index (χ3n) is 4.07. The van der Waals surface area contributed by atoms with E-state index in [9.17, 15) is 9.18 Å². The Balaban J connectivity index is 1.45. The Kier molecular flexibility index (Phi) is 6.29. The summed E-state index contributed by atoms with van der Waals surface area (Å²) in [6.45, 7) is 4.57. The summed E-state index contributed by atoms with van der Waals surface area (Å²) in [5.41, 5.74) is 3.59. The summed E-state index contributed by atoms with van der Waals surface area (Å²) in [5.74, 6) is 0.556. The molecule has 0 aliphatic heterocycles. The number of carbonyl (C=O) groups is 1. The Bertz CT molecular complexity index is 904. The van der Waals surface area contributed by atoms with Gasteiger partial charge in [-0.1, -0.05) is 0 Å². The lowest BCUT2D eigenvalue weighted by Crippen LogP contribution is -2.24. The van der Waals surface area contributed by atoms with Gasteiger partial charge in [0.1, 0.15) is 5.82 Å². The molecule has 0 saturated carbocycles. The lowest BCUT2D eigenvalue weighted by Gasteiger charge is -2.08. The van der Waals surface area contributed by atoms with Crippen molar-refractivity contribution in [2.75, 3.05) is 12.3 Å². The lowest BCUT2D eigenvalue weighted by atomic mass is 10.2. The van der Waals surface area contributed by atoms with Crippen molar-refractivity contribution < 1.29 is 9.18 Å². The highest BCUT2D eigenvalue weighted by molar-refractivity contribution is 7.99. The van der Waals surface area contributed by atoms with E-state index in [1.165, 1.54) is 12.1 Å². The molecule has 0 radical (unpaired) electrons. The molecule has 3 aromatic rings. The van der Waals surface area contributed by atoms with E-state index in [0.717, 1.165) is 34.1 Å². The van der Waals surface area contributed by atoms with Gasteiger partial charge in [0.15, 0.2) is 0 Å². The number of carbonyl (C=O) groups excluding carboxylic acids is 1. The van der Waals surface area contributed by atoms with E-state index in [0.29, 0.717) is 12.1 Å². The molecule has 0 bridgehead atoms. The zero-order valence-electron chi connectivity index (χ0n) is 15.4. The Labute approximate surface area is 162 Å². The maximum absolute atomic E-state index is 12.9. The maximum Gasteiger partial charge on any atom is 0.251 e. The standard InChI is InChI=1S/C21H22FN3OS/c1-15-14-16(2)25(24-15)19-8-4-17(5-9-19)21(26)23-12-3-13-27-20-10-6-18(22)7-11-20/h4-11,14H,3,12-13H2,1-2H3,(H,23,26). The summed E-state index contributed by atoms with van der Waals surface area (Å²) >= 11 is 1.65. The highest BCUT2D eigenvalue weighted by Crippen LogP contribution is 2.18. The quantitative estimate of drug-likeness (QED) is 0.481. The van der Waals surface area contributed by atoms with Crippen LogP contribution in [0.1, 0.15) is 28.2 Å². The van der Waals surface area contributed by atoms with E-state index in [4.69, 9.17) is 0 Å². The topological polar surface area (TPSA) is 46.9 Å². The minimum atomic E-state index is -0.226. The van der Waals surface area contributed by atoms with Crippen LogP contribution < -0.4 is 5.32 Å². The number of aryl methyl sites for hydroxylation is 2. The Hall–Kier alpha value is -2.60. The number of nitrogens with one attached hydrogen (secondary N) is 1. The van der Waals surface area contributed by atoms with Crippen LogP contribution in [0.15, 0.2) is 59.5 Å². The van der Waals surface area contributed by atoms with Gasteiger partial charge < -0.3 is 5.32 Å². The van der Waals surface area contributed by atoms with E-state index in [-0.39, 0.29) is 11.7 Å². The molecule has 4 nitrogen and oxygen atoms in total. The summed E-state index contributed by atoms with van der Waals surface area (Å²) in [6, 6.07) is 15.9. The van der Waals surface area contributed by atoms with Gasteiger partial charge in [-0.3, -0.25) is 4.79 Å². The number of rotatable bonds is 7. The Morgan fingerprint density at radius 2 is 1.81 bits per heavy atom. The van der Waals surface area contributed by atoms with Gasteiger partial charge in [-0.05, 0) is 80.6 Å². The van der Waals surface area contributed by atoms with Crippen LogP contribution in [0.5, 0.6) is 0 Å². The van der Waals surface area contributed by atoms with Crippen LogP contribution in [0.4, 0.5) is 4.39 Å². The average molecular weight is 383 g/mol. The summed E-state index contributed by atoms with van der Waals surface area (Å²) in [6.07, 6.45) is 0.845. The minimum absolute atomic E-state index is 0.0818. The van der Waals surface area contributed by atoms with Crippen molar-refractivity contribution in [2.24, 2.45) is 0 Å². The molecular weight excluding hydrogens is 361 g/mol. The largest absolute Gasteiger partial charge is 0.352 e. The number of hydrogen-bond donors (Lipinski definition) is 1. The van der Waals surface area contributed by atoms with E-state index < -0.39 is 0 Å². The summed E-state index contributed by atoms with van der Waals surface area (Å²) < 4.78 is 14.7. The molecule has 27 heavy (non-hydrogen) atoms. The van der Waals surface area contributed by atoms with Gasteiger partial charge in [0, 0.05) is 22.7 Å². The second kappa shape index (κ2) is 8.86. The maximum atomic E-state index is 12.9. The van der Waals surface area contributed by atoms with Crippen molar-refractivity contribution >= 4 is 17.7 Å². The van der Waals surface area contributed by atoms with E-state index >= 15 is 0 Å². The third-order valence-corrected chi connectivity index (χ3v) is 5.17. The van der Waals surface area contributed by atoms with Crippen molar-refractivity contribution in [3.05, 3.63) is 77.4 Å². The van der Waals surface area contributed by atoms with Gasteiger partial charge in [-0.2, -0.15) is 5.10 Å². The van der Waals surface area contributed by atoms with Gasteiger partial charge in [0.2, 0.25) is 0 Å². The summed E-state index contributed by atoms with van der Waals surface area (Å²) in [4.78, 5) is 13.3. The molecule has 0 unspecified atom stereocenters.